The summed E-state index contributed by atoms with van der Waals surface area (Å²) in [6.07, 6.45) is 3.36. The van der Waals surface area contributed by atoms with Gasteiger partial charge in [-0.2, -0.15) is 0 Å². The predicted molar refractivity (Wildman–Crippen MR) is 91.7 cm³/mol. The molecule has 0 saturated heterocycles. The number of nitrogens with one attached hydrogen (secondary N) is 1. The average Bonchev–Trinajstić information content (AvgIpc) is 2.56. The second-order valence-electron chi connectivity index (χ2n) is 5.20. The number of hydrogen-bond acceptors (Lipinski definition) is 3. The molecule has 0 atom stereocenters. The van der Waals surface area contributed by atoms with Gasteiger partial charge in [-0.25, -0.2) is 8.42 Å². The quantitative estimate of drug-likeness (QED) is 0.793. The first-order valence-corrected chi connectivity index (χ1v) is 8.63. The topological polar surface area (TPSA) is 59.1 Å². The van der Waals surface area contributed by atoms with Gasteiger partial charge in [0.25, 0.3) is 10.0 Å². The van der Waals surface area contributed by atoms with E-state index in [4.69, 9.17) is 0 Å². The van der Waals surface area contributed by atoms with Gasteiger partial charge in [-0.3, -0.25) is 9.71 Å². The first kappa shape index (κ1) is 15.2. The maximum absolute atomic E-state index is 12.6. The molecule has 1 heterocycles. The molecule has 1 aromatic heterocycles. The van der Waals surface area contributed by atoms with Crippen LogP contribution in [-0.2, 0) is 10.0 Å². The highest BCUT2D eigenvalue weighted by Crippen LogP contribution is 2.29. The Morgan fingerprint density at radius 2 is 1.52 bits per heavy atom. The largest absolute Gasteiger partial charge is 0.279 e. The molecule has 0 bridgehead atoms. The molecule has 0 unspecified atom stereocenters. The third-order valence-electron chi connectivity index (χ3n) is 3.49. The Labute approximate surface area is 135 Å². The molecule has 0 fully saturated rings. The van der Waals surface area contributed by atoms with Gasteiger partial charge < -0.3 is 0 Å². The number of anilines is 1. The normalized spacial score (nSPS) is 11.2. The van der Waals surface area contributed by atoms with E-state index < -0.39 is 10.0 Å². The SMILES string of the molecule is Cc1ccc(S(=O)(=O)Nc2ccccc2-c2ccncc2)cc1. The third kappa shape index (κ3) is 3.40. The van der Waals surface area contributed by atoms with Gasteiger partial charge in [0.05, 0.1) is 10.6 Å². The second-order valence-corrected chi connectivity index (χ2v) is 6.88. The smallest absolute Gasteiger partial charge is 0.261 e. The number of aryl methyl sites for hydroxylation is 1. The highest BCUT2D eigenvalue weighted by molar-refractivity contribution is 7.92. The molecule has 116 valence electrons. The molecule has 0 saturated carbocycles. The number of sulfonamides is 1. The summed E-state index contributed by atoms with van der Waals surface area (Å²) in [5.74, 6) is 0. The van der Waals surface area contributed by atoms with Gasteiger partial charge in [-0.1, -0.05) is 35.9 Å². The molecule has 0 radical (unpaired) electrons. The fourth-order valence-electron chi connectivity index (χ4n) is 2.28. The lowest BCUT2D eigenvalue weighted by atomic mass is 10.1. The maximum atomic E-state index is 12.6. The summed E-state index contributed by atoms with van der Waals surface area (Å²) in [4.78, 5) is 4.24. The first-order valence-electron chi connectivity index (χ1n) is 7.15. The standard InChI is InChI=1S/C18H16N2O2S/c1-14-6-8-16(9-7-14)23(21,22)20-18-5-3-2-4-17(18)15-10-12-19-13-11-15/h2-13,20H,1H3. The van der Waals surface area contributed by atoms with Crippen LogP contribution in [-0.4, -0.2) is 13.4 Å². The second kappa shape index (κ2) is 6.22. The number of benzene rings is 2. The number of pyridine rings is 1. The predicted octanol–water partition coefficient (Wildman–Crippen LogP) is 3.86. The van der Waals surface area contributed by atoms with Crippen molar-refractivity contribution in [2.75, 3.05) is 4.72 Å². The van der Waals surface area contributed by atoms with Crippen LogP contribution in [0.5, 0.6) is 0 Å². The van der Waals surface area contributed by atoms with Crippen LogP contribution in [0.15, 0.2) is 78.0 Å². The van der Waals surface area contributed by atoms with Crippen LogP contribution in [0.1, 0.15) is 5.56 Å². The number of nitrogens with zero attached hydrogens (tertiary/aromatic N) is 1. The molecule has 2 aromatic carbocycles. The average molecular weight is 324 g/mol. The molecule has 0 spiro atoms. The highest BCUT2D eigenvalue weighted by Gasteiger charge is 2.16. The van der Waals surface area contributed by atoms with E-state index in [0.29, 0.717) is 5.69 Å². The van der Waals surface area contributed by atoms with Crippen LogP contribution in [0.2, 0.25) is 0 Å². The number of aromatic nitrogens is 1. The van der Waals surface area contributed by atoms with Crippen LogP contribution in [0.3, 0.4) is 0 Å². The van der Waals surface area contributed by atoms with E-state index in [-0.39, 0.29) is 4.90 Å². The Morgan fingerprint density at radius 1 is 0.870 bits per heavy atom. The molecular formula is C18H16N2O2S. The number of rotatable bonds is 4. The van der Waals surface area contributed by atoms with Crippen LogP contribution in [0.25, 0.3) is 11.1 Å². The lowest BCUT2D eigenvalue weighted by Crippen LogP contribution is -2.13. The van der Waals surface area contributed by atoms with E-state index in [2.05, 4.69) is 9.71 Å². The minimum Gasteiger partial charge on any atom is -0.279 e. The molecule has 23 heavy (non-hydrogen) atoms. The highest BCUT2D eigenvalue weighted by atomic mass is 32.2. The van der Waals surface area contributed by atoms with Gasteiger partial charge in [0, 0.05) is 18.0 Å². The van der Waals surface area contributed by atoms with Crippen molar-refractivity contribution in [1.82, 2.24) is 4.98 Å². The summed E-state index contributed by atoms with van der Waals surface area (Å²) in [6.45, 7) is 1.92. The van der Waals surface area contributed by atoms with E-state index in [1.165, 1.54) is 0 Å². The Balaban J connectivity index is 1.99. The van der Waals surface area contributed by atoms with Gasteiger partial charge in [-0.15, -0.1) is 0 Å². The molecule has 0 aliphatic carbocycles. The third-order valence-corrected chi connectivity index (χ3v) is 4.88. The summed E-state index contributed by atoms with van der Waals surface area (Å²) in [7, 11) is -3.63. The van der Waals surface area contributed by atoms with Crippen molar-refractivity contribution >= 4 is 15.7 Å². The Bertz CT molecular complexity index is 905. The van der Waals surface area contributed by atoms with Gasteiger partial charge in [-0.05, 0) is 42.8 Å². The number of hydrogen-bond donors (Lipinski definition) is 1. The summed E-state index contributed by atoms with van der Waals surface area (Å²) in [5, 5.41) is 0. The van der Waals surface area contributed by atoms with Crippen molar-refractivity contribution in [2.24, 2.45) is 0 Å². The molecule has 0 aliphatic heterocycles. The first-order chi connectivity index (χ1) is 11.1. The van der Waals surface area contributed by atoms with Gasteiger partial charge in [0.1, 0.15) is 0 Å². The molecule has 3 aromatic rings. The van der Waals surface area contributed by atoms with E-state index in [1.807, 2.05) is 31.2 Å². The zero-order valence-electron chi connectivity index (χ0n) is 12.6. The molecular weight excluding hydrogens is 308 g/mol. The fraction of sp³-hybridized carbons (Fsp3) is 0.0556. The van der Waals surface area contributed by atoms with E-state index in [9.17, 15) is 8.42 Å². The molecule has 0 aliphatic rings. The van der Waals surface area contributed by atoms with Crippen LogP contribution in [0.4, 0.5) is 5.69 Å². The minimum absolute atomic E-state index is 0.243. The lowest BCUT2D eigenvalue weighted by Gasteiger charge is -2.13. The zero-order valence-corrected chi connectivity index (χ0v) is 13.4. The fourth-order valence-corrected chi connectivity index (χ4v) is 3.36. The summed E-state index contributed by atoms with van der Waals surface area (Å²) in [5.41, 5.74) is 3.27. The Hall–Kier alpha value is -2.66. The van der Waals surface area contributed by atoms with Crippen molar-refractivity contribution in [3.63, 3.8) is 0 Å². The van der Waals surface area contributed by atoms with Crippen molar-refractivity contribution in [2.45, 2.75) is 11.8 Å². The molecule has 0 amide bonds. The lowest BCUT2D eigenvalue weighted by molar-refractivity contribution is 0.601. The van der Waals surface area contributed by atoms with Gasteiger partial charge >= 0.3 is 0 Å². The Morgan fingerprint density at radius 3 is 2.22 bits per heavy atom. The van der Waals surface area contributed by atoms with Crippen molar-refractivity contribution in [1.29, 1.82) is 0 Å². The van der Waals surface area contributed by atoms with Crippen LogP contribution in [0, 0.1) is 6.92 Å². The zero-order chi connectivity index (χ0) is 16.3. The van der Waals surface area contributed by atoms with Crippen LogP contribution >= 0.6 is 0 Å². The summed E-state index contributed by atoms with van der Waals surface area (Å²) in [6, 6.07) is 17.8. The summed E-state index contributed by atoms with van der Waals surface area (Å²) >= 11 is 0. The molecule has 5 heteroatoms. The number of para-hydroxylation sites is 1. The molecule has 1 N–H and O–H groups in total. The minimum atomic E-state index is -3.63. The van der Waals surface area contributed by atoms with Crippen molar-refractivity contribution in [3.05, 3.63) is 78.6 Å². The summed E-state index contributed by atoms with van der Waals surface area (Å²) < 4.78 is 27.8. The van der Waals surface area contributed by atoms with Crippen molar-refractivity contribution in [3.8, 4) is 11.1 Å². The van der Waals surface area contributed by atoms with E-state index >= 15 is 0 Å². The van der Waals surface area contributed by atoms with Gasteiger partial charge in [0.2, 0.25) is 0 Å². The van der Waals surface area contributed by atoms with E-state index in [0.717, 1.165) is 16.7 Å². The van der Waals surface area contributed by atoms with E-state index in [1.54, 1.807) is 48.8 Å². The van der Waals surface area contributed by atoms with Crippen molar-refractivity contribution < 1.29 is 8.42 Å². The molecule has 3 rings (SSSR count). The van der Waals surface area contributed by atoms with Crippen LogP contribution < -0.4 is 4.72 Å². The maximum Gasteiger partial charge on any atom is 0.261 e. The molecule has 4 nitrogen and oxygen atoms in total. The monoisotopic (exact) mass is 324 g/mol. The Kier molecular flexibility index (Phi) is 4.12. The van der Waals surface area contributed by atoms with Gasteiger partial charge in [0.15, 0.2) is 0 Å².